The van der Waals surface area contributed by atoms with E-state index in [4.69, 9.17) is 9.84 Å². The highest BCUT2D eigenvalue weighted by Crippen LogP contribution is 2.23. The highest BCUT2D eigenvalue weighted by atomic mass is 16.5. The number of ether oxygens (including phenoxy) is 1. The summed E-state index contributed by atoms with van der Waals surface area (Å²) in [5.41, 5.74) is 3.36. The second-order valence-corrected chi connectivity index (χ2v) is 6.83. The van der Waals surface area contributed by atoms with Gasteiger partial charge in [0.2, 0.25) is 0 Å². The van der Waals surface area contributed by atoms with E-state index in [-0.39, 0.29) is 6.42 Å². The van der Waals surface area contributed by atoms with Gasteiger partial charge in [-0.25, -0.2) is 0 Å². The average Bonchev–Trinajstić information content (AvgIpc) is 3.21. The number of aromatic nitrogens is 2. The Hall–Kier alpha value is -3.08. The third kappa shape index (κ3) is 6.27. The second-order valence-electron chi connectivity index (χ2n) is 6.83. The van der Waals surface area contributed by atoms with E-state index in [2.05, 4.69) is 29.4 Å². The molecule has 0 spiro atoms. The first-order valence-electron chi connectivity index (χ1n) is 9.68. The van der Waals surface area contributed by atoms with E-state index < -0.39 is 5.97 Å². The van der Waals surface area contributed by atoms with Crippen LogP contribution in [0.5, 0.6) is 5.75 Å². The molecule has 28 heavy (non-hydrogen) atoms. The number of aryl methyl sites for hydroxylation is 2. The van der Waals surface area contributed by atoms with Crippen molar-refractivity contribution in [3.63, 3.8) is 0 Å². The molecule has 2 aromatic carbocycles. The zero-order valence-corrected chi connectivity index (χ0v) is 16.0. The SMILES string of the molecule is O=C(O)CCc1ccc(Cn2cccn2)cc1OCCCCc1ccccc1. The van der Waals surface area contributed by atoms with E-state index in [1.165, 1.54) is 5.56 Å². The zero-order chi connectivity index (χ0) is 19.6. The van der Waals surface area contributed by atoms with E-state index in [1.807, 2.05) is 41.2 Å². The number of hydrogen-bond acceptors (Lipinski definition) is 3. The van der Waals surface area contributed by atoms with Gasteiger partial charge in [0.05, 0.1) is 13.2 Å². The number of nitrogens with zero attached hydrogens (tertiary/aromatic N) is 2. The maximum atomic E-state index is 10.9. The number of carboxylic acids is 1. The lowest BCUT2D eigenvalue weighted by molar-refractivity contribution is -0.136. The molecule has 0 aliphatic rings. The molecular formula is C23H26N2O3. The van der Waals surface area contributed by atoms with Crippen LogP contribution < -0.4 is 4.74 Å². The van der Waals surface area contributed by atoms with Gasteiger partial charge in [-0.3, -0.25) is 9.48 Å². The zero-order valence-electron chi connectivity index (χ0n) is 16.0. The Kier molecular flexibility index (Phi) is 7.24. The topological polar surface area (TPSA) is 64.3 Å². The van der Waals surface area contributed by atoms with Crippen molar-refractivity contribution in [2.24, 2.45) is 0 Å². The van der Waals surface area contributed by atoms with Gasteiger partial charge in [0.1, 0.15) is 5.75 Å². The lowest BCUT2D eigenvalue weighted by atomic mass is 10.1. The lowest BCUT2D eigenvalue weighted by Gasteiger charge is -2.13. The number of aliphatic carboxylic acids is 1. The Bertz CT molecular complexity index is 861. The number of rotatable bonds is 11. The standard InChI is InChI=1S/C23H26N2O3/c26-23(27)13-12-21-11-10-20(18-25-15-6-14-24-25)17-22(21)28-16-5-4-9-19-7-2-1-3-8-19/h1-3,6-8,10-11,14-15,17H,4-5,9,12-13,16,18H2,(H,26,27). The second kappa shape index (κ2) is 10.3. The Morgan fingerprint density at radius 3 is 2.61 bits per heavy atom. The van der Waals surface area contributed by atoms with Gasteiger partial charge < -0.3 is 9.84 Å². The smallest absolute Gasteiger partial charge is 0.303 e. The van der Waals surface area contributed by atoms with Crippen LogP contribution in [0.2, 0.25) is 0 Å². The fourth-order valence-corrected chi connectivity index (χ4v) is 3.12. The summed E-state index contributed by atoms with van der Waals surface area (Å²) in [5.74, 6) is -0.0138. The van der Waals surface area contributed by atoms with E-state index in [0.717, 1.165) is 36.1 Å². The maximum Gasteiger partial charge on any atom is 0.303 e. The molecule has 146 valence electrons. The van der Waals surface area contributed by atoms with Crippen LogP contribution in [0.4, 0.5) is 0 Å². The van der Waals surface area contributed by atoms with Crippen molar-refractivity contribution in [2.75, 3.05) is 6.61 Å². The van der Waals surface area contributed by atoms with Gasteiger partial charge in [0.15, 0.2) is 0 Å². The predicted molar refractivity (Wildman–Crippen MR) is 109 cm³/mol. The molecular weight excluding hydrogens is 352 g/mol. The summed E-state index contributed by atoms with van der Waals surface area (Å²) >= 11 is 0. The molecule has 0 unspecified atom stereocenters. The number of carboxylic acid groups (broad SMARTS) is 1. The molecule has 3 rings (SSSR count). The third-order valence-electron chi connectivity index (χ3n) is 4.60. The quantitative estimate of drug-likeness (QED) is 0.504. The molecule has 0 aliphatic carbocycles. The minimum atomic E-state index is -0.797. The van der Waals surface area contributed by atoms with Gasteiger partial charge in [0, 0.05) is 18.8 Å². The number of carbonyl (C=O) groups is 1. The summed E-state index contributed by atoms with van der Waals surface area (Å²) in [6, 6.07) is 18.3. The molecule has 1 N–H and O–H groups in total. The van der Waals surface area contributed by atoms with Crippen LogP contribution in [-0.2, 0) is 24.2 Å². The molecule has 0 amide bonds. The van der Waals surface area contributed by atoms with Crippen LogP contribution in [0, 0.1) is 0 Å². The molecule has 0 aliphatic heterocycles. The van der Waals surface area contributed by atoms with Crippen LogP contribution in [0.3, 0.4) is 0 Å². The molecule has 1 aromatic heterocycles. The minimum Gasteiger partial charge on any atom is -0.493 e. The van der Waals surface area contributed by atoms with Crippen molar-refractivity contribution < 1.29 is 14.6 Å². The average molecular weight is 378 g/mol. The van der Waals surface area contributed by atoms with Crippen molar-refractivity contribution in [3.05, 3.63) is 83.7 Å². The molecule has 0 atom stereocenters. The van der Waals surface area contributed by atoms with Crippen LogP contribution >= 0.6 is 0 Å². The van der Waals surface area contributed by atoms with Gasteiger partial charge >= 0.3 is 5.97 Å². The molecule has 0 saturated heterocycles. The molecule has 0 saturated carbocycles. The largest absolute Gasteiger partial charge is 0.493 e. The Balaban J connectivity index is 1.57. The fourth-order valence-electron chi connectivity index (χ4n) is 3.12. The first-order valence-corrected chi connectivity index (χ1v) is 9.68. The summed E-state index contributed by atoms with van der Waals surface area (Å²) < 4.78 is 7.90. The van der Waals surface area contributed by atoms with Gasteiger partial charge in [0.25, 0.3) is 0 Å². The Labute approximate surface area is 165 Å². The Morgan fingerprint density at radius 2 is 1.86 bits per heavy atom. The van der Waals surface area contributed by atoms with Crippen LogP contribution in [0.1, 0.15) is 36.0 Å². The van der Waals surface area contributed by atoms with Crippen molar-refractivity contribution in [3.8, 4) is 5.75 Å². The van der Waals surface area contributed by atoms with Gasteiger partial charge in [-0.2, -0.15) is 5.10 Å². The van der Waals surface area contributed by atoms with E-state index in [1.54, 1.807) is 6.20 Å². The molecule has 0 fully saturated rings. The van der Waals surface area contributed by atoms with Crippen molar-refractivity contribution in [2.45, 2.75) is 38.6 Å². The maximum absolute atomic E-state index is 10.9. The van der Waals surface area contributed by atoms with Crippen molar-refractivity contribution >= 4 is 5.97 Å². The van der Waals surface area contributed by atoms with Gasteiger partial charge in [-0.05, 0) is 54.5 Å². The molecule has 5 heteroatoms. The van der Waals surface area contributed by atoms with Crippen molar-refractivity contribution in [1.29, 1.82) is 0 Å². The van der Waals surface area contributed by atoms with Gasteiger partial charge in [-0.15, -0.1) is 0 Å². The summed E-state index contributed by atoms with van der Waals surface area (Å²) in [7, 11) is 0. The highest BCUT2D eigenvalue weighted by Gasteiger charge is 2.09. The van der Waals surface area contributed by atoms with Crippen LogP contribution in [-0.4, -0.2) is 27.5 Å². The first-order chi connectivity index (χ1) is 13.7. The van der Waals surface area contributed by atoms with E-state index in [0.29, 0.717) is 19.6 Å². The summed E-state index contributed by atoms with van der Waals surface area (Å²) in [6.45, 7) is 1.29. The van der Waals surface area contributed by atoms with Crippen LogP contribution in [0.15, 0.2) is 67.0 Å². The normalized spacial score (nSPS) is 10.7. The number of benzene rings is 2. The number of unbranched alkanes of at least 4 members (excludes halogenated alkanes) is 1. The van der Waals surface area contributed by atoms with Crippen LogP contribution in [0.25, 0.3) is 0 Å². The van der Waals surface area contributed by atoms with Crippen molar-refractivity contribution in [1.82, 2.24) is 9.78 Å². The predicted octanol–water partition coefficient (Wildman–Crippen LogP) is 4.35. The molecule has 1 heterocycles. The summed E-state index contributed by atoms with van der Waals surface area (Å²) in [4.78, 5) is 10.9. The molecule has 5 nitrogen and oxygen atoms in total. The fraction of sp³-hybridized carbons (Fsp3) is 0.304. The molecule has 0 radical (unpaired) electrons. The number of hydrogen-bond donors (Lipinski definition) is 1. The summed E-state index contributed by atoms with van der Waals surface area (Å²) in [6.07, 6.45) is 7.29. The monoisotopic (exact) mass is 378 g/mol. The Morgan fingerprint density at radius 1 is 1.00 bits per heavy atom. The molecule has 0 bridgehead atoms. The van der Waals surface area contributed by atoms with Gasteiger partial charge in [-0.1, -0.05) is 42.5 Å². The minimum absolute atomic E-state index is 0.100. The molecule has 3 aromatic rings. The van der Waals surface area contributed by atoms with E-state index in [9.17, 15) is 4.79 Å². The summed E-state index contributed by atoms with van der Waals surface area (Å²) in [5, 5.41) is 13.2. The van der Waals surface area contributed by atoms with E-state index >= 15 is 0 Å². The third-order valence-corrected chi connectivity index (χ3v) is 4.60. The first kappa shape index (κ1) is 19.7. The lowest BCUT2D eigenvalue weighted by Crippen LogP contribution is -2.06. The highest BCUT2D eigenvalue weighted by molar-refractivity contribution is 5.67.